The highest BCUT2D eigenvalue weighted by Gasteiger charge is 2.52. The molecule has 1 saturated carbocycles. The molecular weight excluding hydrogens is 300 g/mol. The zero-order valence-electron chi connectivity index (χ0n) is 14.1. The maximum atomic E-state index is 12.9. The number of benzene rings is 2. The van der Waals surface area contributed by atoms with E-state index < -0.39 is 0 Å². The first-order valence-electron chi connectivity index (χ1n) is 8.19. The third-order valence-corrected chi connectivity index (χ3v) is 4.70. The van der Waals surface area contributed by atoms with Gasteiger partial charge in [0.05, 0.1) is 5.41 Å². The number of rotatable bonds is 5. The Hall–Kier alpha value is -2.62. The summed E-state index contributed by atoms with van der Waals surface area (Å²) in [6, 6.07) is 17.4. The van der Waals surface area contributed by atoms with Crippen LogP contribution in [-0.2, 0) is 16.8 Å². The van der Waals surface area contributed by atoms with Crippen LogP contribution in [0.1, 0.15) is 34.3 Å². The van der Waals surface area contributed by atoms with Crippen molar-refractivity contribution in [1.29, 1.82) is 0 Å². The summed E-state index contributed by atoms with van der Waals surface area (Å²) in [5.74, 6) is 0.0658. The van der Waals surface area contributed by atoms with Crippen LogP contribution in [0.15, 0.2) is 54.6 Å². The number of nitrogens with zero attached hydrogens (tertiary/aromatic N) is 1. The second kappa shape index (κ2) is 6.48. The average Bonchev–Trinajstić information content (AvgIpc) is 3.43. The molecule has 4 heteroatoms. The molecule has 2 aromatic rings. The summed E-state index contributed by atoms with van der Waals surface area (Å²) in [6.07, 6.45) is 1.82. The van der Waals surface area contributed by atoms with Gasteiger partial charge in [-0.3, -0.25) is 9.59 Å². The van der Waals surface area contributed by atoms with E-state index in [9.17, 15) is 9.59 Å². The molecule has 0 aliphatic heterocycles. The summed E-state index contributed by atoms with van der Waals surface area (Å²) in [5, 5.41) is 2.60. The quantitative estimate of drug-likeness (QED) is 0.920. The van der Waals surface area contributed by atoms with E-state index in [1.54, 1.807) is 24.1 Å². The van der Waals surface area contributed by atoms with Gasteiger partial charge in [-0.2, -0.15) is 0 Å². The van der Waals surface area contributed by atoms with Crippen molar-refractivity contribution in [3.05, 3.63) is 71.3 Å². The van der Waals surface area contributed by atoms with Crippen molar-refractivity contribution in [2.75, 3.05) is 14.1 Å². The molecule has 0 heterocycles. The van der Waals surface area contributed by atoms with E-state index in [2.05, 4.69) is 5.32 Å². The molecule has 2 aromatic carbocycles. The molecule has 0 atom stereocenters. The van der Waals surface area contributed by atoms with Crippen LogP contribution < -0.4 is 5.32 Å². The molecule has 0 unspecified atom stereocenters. The monoisotopic (exact) mass is 322 g/mol. The van der Waals surface area contributed by atoms with Crippen LogP contribution in [-0.4, -0.2) is 30.8 Å². The van der Waals surface area contributed by atoms with Crippen molar-refractivity contribution in [2.24, 2.45) is 0 Å². The van der Waals surface area contributed by atoms with Crippen LogP contribution >= 0.6 is 0 Å². The van der Waals surface area contributed by atoms with Crippen molar-refractivity contribution in [1.82, 2.24) is 10.2 Å². The normalized spacial score (nSPS) is 14.8. The SMILES string of the molecule is CNC(=O)c1ccc(CN(C)C(=O)C2(c3ccccc3)CC2)cc1. The highest BCUT2D eigenvalue weighted by Crippen LogP contribution is 2.49. The molecule has 1 aliphatic carbocycles. The first-order valence-corrected chi connectivity index (χ1v) is 8.19. The lowest BCUT2D eigenvalue weighted by Crippen LogP contribution is -2.36. The van der Waals surface area contributed by atoms with E-state index in [0.29, 0.717) is 12.1 Å². The highest BCUT2D eigenvalue weighted by molar-refractivity contribution is 5.94. The molecule has 1 N–H and O–H groups in total. The standard InChI is InChI=1S/C20H22N2O2/c1-21-18(23)16-10-8-15(9-11-16)14-22(2)19(24)20(12-13-20)17-6-4-3-5-7-17/h3-11H,12-14H2,1-2H3,(H,21,23). The minimum absolute atomic E-state index is 0.105. The van der Waals surface area contributed by atoms with Crippen LogP contribution in [0.2, 0.25) is 0 Å². The second-order valence-corrected chi connectivity index (χ2v) is 6.39. The third-order valence-electron chi connectivity index (χ3n) is 4.70. The van der Waals surface area contributed by atoms with Gasteiger partial charge in [0.2, 0.25) is 5.91 Å². The maximum absolute atomic E-state index is 12.9. The molecule has 3 rings (SSSR count). The fourth-order valence-electron chi connectivity index (χ4n) is 3.13. The van der Waals surface area contributed by atoms with Gasteiger partial charge < -0.3 is 10.2 Å². The Bertz CT molecular complexity index is 734. The van der Waals surface area contributed by atoms with E-state index in [0.717, 1.165) is 24.0 Å². The van der Waals surface area contributed by atoms with Crippen molar-refractivity contribution in [2.45, 2.75) is 24.8 Å². The average molecular weight is 322 g/mol. The van der Waals surface area contributed by atoms with E-state index >= 15 is 0 Å². The predicted molar refractivity (Wildman–Crippen MR) is 93.7 cm³/mol. The molecule has 124 valence electrons. The minimum atomic E-state index is -0.335. The molecule has 0 saturated heterocycles. The van der Waals surface area contributed by atoms with E-state index in [1.807, 2.05) is 49.5 Å². The number of hydrogen-bond donors (Lipinski definition) is 1. The molecule has 2 amide bonds. The van der Waals surface area contributed by atoms with E-state index in [4.69, 9.17) is 0 Å². The molecule has 4 nitrogen and oxygen atoms in total. The molecule has 0 radical (unpaired) electrons. The molecule has 1 aliphatic rings. The molecule has 0 aromatic heterocycles. The second-order valence-electron chi connectivity index (χ2n) is 6.39. The van der Waals surface area contributed by atoms with Gasteiger partial charge >= 0.3 is 0 Å². The van der Waals surface area contributed by atoms with Crippen LogP contribution in [0.5, 0.6) is 0 Å². The van der Waals surface area contributed by atoms with Crippen molar-refractivity contribution < 1.29 is 9.59 Å². The van der Waals surface area contributed by atoms with Gasteiger partial charge in [0.1, 0.15) is 0 Å². The van der Waals surface area contributed by atoms with Gasteiger partial charge in [0.25, 0.3) is 5.91 Å². The Labute approximate surface area is 142 Å². The molecular formula is C20H22N2O2. The smallest absolute Gasteiger partial charge is 0.251 e. The number of amides is 2. The first kappa shape index (κ1) is 16.2. The van der Waals surface area contributed by atoms with Gasteiger partial charge in [-0.1, -0.05) is 42.5 Å². The largest absolute Gasteiger partial charge is 0.355 e. The van der Waals surface area contributed by atoms with Crippen molar-refractivity contribution in [3.63, 3.8) is 0 Å². The Morgan fingerprint density at radius 2 is 1.67 bits per heavy atom. The van der Waals surface area contributed by atoms with Crippen LogP contribution in [0.25, 0.3) is 0 Å². The topological polar surface area (TPSA) is 49.4 Å². The van der Waals surface area contributed by atoms with Gasteiger partial charge in [0.15, 0.2) is 0 Å². The highest BCUT2D eigenvalue weighted by atomic mass is 16.2. The Kier molecular flexibility index (Phi) is 4.38. The Morgan fingerprint density at radius 1 is 1.04 bits per heavy atom. The lowest BCUT2D eigenvalue weighted by molar-refractivity contribution is -0.133. The van der Waals surface area contributed by atoms with Gasteiger partial charge in [-0.25, -0.2) is 0 Å². The van der Waals surface area contributed by atoms with Crippen LogP contribution in [0.3, 0.4) is 0 Å². The van der Waals surface area contributed by atoms with E-state index in [-0.39, 0.29) is 17.2 Å². The van der Waals surface area contributed by atoms with Gasteiger partial charge in [-0.05, 0) is 36.1 Å². The Morgan fingerprint density at radius 3 is 2.21 bits per heavy atom. The van der Waals surface area contributed by atoms with Crippen molar-refractivity contribution >= 4 is 11.8 Å². The number of likely N-dealkylation sites (N-methyl/N-ethyl adjacent to an activating group) is 1. The summed E-state index contributed by atoms with van der Waals surface area (Å²) >= 11 is 0. The fourth-order valence-corrected chi connectivity index (χ4v) is 3.13. The summed E-state index contributed by atoms with van der Waals surface area (Å²) in [5.41, 5.74) is 2.41. The Balaban J connectivity index is 1.70. The summed E-state index contributed by atoms with van der Waals surface area (Å²) in [4.78, 5) is 26.3. The lowest BCUT2D eigenvalue weighted by atomic mass is 9.94. The zero-order chi connectivity index (χ0) is 17.2. The molecule has 24 heavy (non-hydrogen) atoms. The van der Waals surface area contributed by atoms with Crippen molar-refractivity contribution in [3.8, 4) is 0 Å². The number of carbonyl (C=O) groups excluding carboxylic acids is 2. The summed E-state index contributed by atoms with van der Waals surface area (Å²) in [7, 11) is 3.46. The summed E-state index contributed by atoms with van der Waals surface area (Å²) in [6.45, 7) is 0.543. The number of carbonyl (C=O) groups is 2. The molecule has 0 bridgehead atoms. The molecule has 1 fully saturated rings. The maximum Gasteiger partial charge on any atom is 0.251 e. The minimum Gasteiger partial charge on any atom is -0.355 e. The number of nitrogens with one attached hydrogen (secondary N) is 1. The van der Waals surface area contributed by atoms with Gasteiger partial charge in [0, 0.05) is 26.2 Å². The van der Waals surface area contributed by atoms with Gasteiger partial charge in [-0.15, -0.1) is 0 Å². The first-order chi connectivity index (χ1) is 11.6. The van der Waals surface area contributed by atoms with E-state index in [1.165, 1.54) is 0 Å². The summed E-state index contributed by atoms with van der Waals surface area (Å²) < 4.78 is 0. The zero-order valence-corrected chi connectivity index (χ0v) is 14.1. The van der Waals surface area contributed by atoms with Crippen LogP contribution in [0.4, 0.5) is 0 Å². The predicted octanol–water partition coefficient (Wildman–Crippen LogP) is 2.74. The lowest BCUT2D eigenvalue weighted by Gasteiger charge is -2.24. The molecule has 0 spiro atoms. The number of hydrogen-bond acceptors (Lipinski definition) is 2. The fraction of sp³-hybridized carbons (Fsp3) is 0.300. The third kappa shape index (κ3) is 3.04. The van der Waals surface area contributed by atoms with Crippen LogP contribution in [0, 0.1) is 0 Å².